The summed E-state index contributed by atoms with van der Waals surface area (Å²) in [5, 5.41) is 0. The van der Waals surface area contributed by atoms with Crippen LogP contribution in [0.1, 0.15) is 49.9 Å². The van der Waals surface area contributed by atoms with Crippen LogP contribution < -0.4 is 9.47 Å². The number of rotatable bonds is 5. The van der Waals surface area contributed by atoms with Crippen LogP contribution in [0.15, 0.2) is 28.9 Å². The average molecular weight is 316 g/mol. The van der Waals surface area contributed by atoms with E-state index >= 15 is 0 Å². The molecule has 5 nitrogen and oxygen atoms in total. The Kier molecular flexibility index (Phi) is 4.57. The van der Waals surface area contributed by atoms with Gasteiger partial charge in [-0.2, -0.15) is 0 Å². The Hall–Kier alpha value is -2.01. The second kappa shape index (κ2) is 6.62. The van der Waals surface area contributed by atoms with Crippen LogP contribution in [0.2, 0.25) is 0 Å². The third kappa shape index (κ3) is 3.50. The average Bonchev–Trinajstić information content (AvgIpc) is 3.02. The smallest absolute Gasteiger partial charge is 0.196 e. The lowest BCUT2D eigenvalue weighted by atomic mass is 10.1. The molecule has 1 atom stereocenters. The fraction of sp³-hybridized carbons (Fsp3) is 0.500. The topological polar surface area (TPSA) is 47.7 Å². The van der Waals surface area contributed by atoms with Crippen LogP contribution in [-0.4, -0.2) is 30.1 Å². The Morgan fingerprint density at radius 3 is 2.57 bits per heavy atom. The Morgan fingerprint density at radius 1 is 1.13 bits per heavy atom. The molecule has 2 heterocycles. The molecule has 0 amide bonds. The van der Waals surface area contributed by atoms with E-state index in [9.17, 15) is 0 Å². The van der Waals surface area contributed by atoms with Crippen molar-refractivity contribution in [1.29, 1.82) is 0 Å². The summed E-state index contributed by atoms with van der Waals surface area (Å²) in [6.07, 6.45) is 1.75. The largest absolute Gasteiger partial charge is 0.486 e. The van der Waals surface area contributed by atoms with Crippen molar-refractivity contribution < 1.29 is 13.9 Å². The monoisotopic (exact) mass is 316 g/mol. The summed E-state index contributed by atoms with van der Waals surface area (Å²) in [5.74, 6) is 2.76. The van der Waals surface area contributed by atoms with Crippen molar-refractivity contribution in [2.24, 2.45) is 0 Å². The Balaban J connectivity index is 1.70. The first-order chi connectivity index (χ1) is 11.0. The van der Waals surface area contributed by atoms with Gasteiger partial charge in [0.1, 0.15) is 19.5 Å². The van der Waals surface area contributed by atoms with Crippen molar-refractivity contribution in [2.75, 3.05) is 20.3 Å². The van der Waals surface area contributed by atoms with E-state index in [-0.39, 0.29) is 6.04 Å². The number of benzene rings is 1. The summed E-state index contributed by atoms with van der Waals surface area (Å²) in [6.45, 7) is 8.30. The van der Waals surface area contributed by atoms with Crippen LogP contribution in [0, 0.1) is 0 Å². The standard InChI is InChI=1S/C18H24N2O3/c1-12(2)18-19-15(11-23-18)10-20(4)13(3)14-5-6-16-17(9-14)22-8-7-21-16/h5-6,9,11-13H,7-8,10H2,1-4H3. The van der Waals surface area contributed by atoms with E-state index < -0.39 is 0 Å². The highest BCUT2D eigenvalue weighted by molar-refractivity contribution is 5.44. The van der Waals surface area contributed by atoms with Gasteiger partial charge in [0, 0.05) is 18.5 Å². The van der Waals surface area contributed by atoms with E-state index in [0.29, 0.717) is 19.1 Å². The molecule has 124 valence electrons. The van der Waals surface area contributed by atoms with Gasteiger partial charge in [0.2, 0.25) is 0 Å². The van der Waals surface area contributed by atoms with Gasteiger partial charge < -0.3 is 13.9 Å². The number of hydrogen-bond donors (Lipinski definition) is 0. The van der Waals surface area contributed by atoms with Crippen molar-refractivity contribution in [3.63, 3.8) is 0 Å². The normalized spacial score (nSPS) is 15.2. The van der Waals surface area contributed by atoms with Crippen LogP contribution >= 0.6 is 0 Å². The maximum absolute atomic E-state index is 5.67. The number of ether oxygens (including phenoxy) is 2. The molecular formula is C18H24N2O3. The molecule has 3 rings (SSSR count). The minimum Gasteiger partial charge on any atom is -0.486 e. The number of fused-ring (bicyclic) bond motifs is 1. The fourth-order valence-electron chi connectivity index (χ4n) is 2.63. The molecule has 1 aromatic heterocycles. The van der Waals surface area contributed by atoms with E-state index in [2.05, 4.69) is 49.8 Å². The van der Waals surface area contributed by atoms with E-state index in [4.69, 9.17) is 13.9 Å². The Bertz CT molecular complexity index is 666. The summed E-state index contributed by atoms with van der Waals surface area (Å²) in [4.78, 5) is 6.79. The second-order valence-electron chi connectivity index (χ2n) is 6.33. The van der Waals surface area contributed by atoms with E-state index in [0.717, 1.165) is 29.6 Å². The first kappa shape index (κ1) is 15.9. The third-order valence-corrected chi connectivity index (χ3v) is 4.18. The lowest BCUT2D eigenvalue weighted by Crippen LogP contribution is -2.22. The summed E-state index contributed by atoms with van der Waals surface area (Å²) in [7, 11) is 2.09. The summed E-state index contributed by atoms with van der Waals surface area (Å²) >= 11 is 0. The molecule has 5 heteroatoms. The van der Waals surface area contributed by atoms with Crippen molar-refractivity contribution >= 4 is 0 Å². The maximum atomic E-state index is 5.67. The van der Waals surface area contributed by atoms with Gasteiger partial charge in [-0.05, 0) is 31.7 Å². The lowest BCUT2D eigenvalue weighted by molar-refractivity contribution is 0.170. The van der Waals surface area contributed by atoms with E-state index in [1.54, 1.807) is 6.26 Å². The molecule has 0 N–H and O–H groups in total. The molecule has 1 aliphatic rings. The first-order valence-corrected chi connectivity index (χ1v) is 8.08. The fourth-order valence-corrected chi connectivity index (χ4v) is 2.63. The number of nitrogens with zero attached hydrogens (tertiary/aromatic N) is 2. The molecule has 0 spiro atoms. The summed E-state index contributed by atoms with van der Waals surface area (Å²) in [5.41, 5.74) is 2.16. The van der Waals surface area contributed by atoms with Crippen LogP contribution in [0.4, 0.5) is 0 Å². The molecular weight excluding hydrogens is 292 g/mol. The van der Waals surface area contributed by atoms with Gasteiger partial charge in [0.05, 0.1) is 5.69 Å². The van der Waals surface area contributed by atoms with Crippen LogP contribution in [0.5, 0.6) is 11.5 Å². The van der Waals surface area contributed by atoms with Gasteiger partial charge in [-0.15, -0.1) is 0 Å². The highest BCUT2D eigenvalue weighted by Crippen LogP contribution is 2.34. The zero-order valence-corrected chi connectivity index (χ0v) is 14.2. The Labute approximate surface area is 137 Å². The quantitative estimate of drug-likeness (QED) is 0.840. The molecule has 0 saturated carbocycles. The van der Waals surface area contributed by atoms with Crippen molar-refractivity contribution in [2.45, 2.75) is 39.3 Å². The third-order valence-electron chi connectivity index (χ3n) is 4.18. The zero-order chi connectivity index (χ0) is 16.4. The van der Waals surface area contributed by atoms with Crippen molar-refractivity contribution in [3.05, 3.63) is 41.6 Å². The predicted octanol–water partition coefficient (Wildman–Crippen LogP) is 3.76. The molecule has 1 aromatic carbocycles. The SMILES string of the molecule is CC(C)c1nc(CN(C)C(C)c2ccc3c(c2)OCCO3)co1. The van der Waals surface area contributed by atoms with Gasteiger partial charge in [-0.3, -0.25) is 4.90 Å². The lowest BCUT2D eigenvalue weighted by Gasteiger charge is -2.26. The molecule has 0 bridgehead atoms. The van der Waals surface area contributed by atoms with E-state index in [1.807, 2.05) is 6.07 Å². The molecule has 0 fully saturated rings. The van der Waals surface area contributed by atoms with Gasteiger partial charge in [-0.25, -0.2) is 4.98 Å². The molecule has 2 aromatic rings. The van der Waals surface area contributed by atoms with Crippen LogP contribution in [0.3, 0.4) is 0 Å². The second-order valence-corrected chi connectivity index (χ2v) is 6.33. The maximum Gasteiger partial charge on any atom is 0.196 e. The summed E-state index contributed by atoms with van der Waals surface area (Å²) < 4.78 is 16.8. The molecule has 0 aliphatic carbocycles. The van der Waals surface area contributed by atoms with Gasteiger partial charge in [0.25, 0.3) is 0 Å². The first-order valence-electron chi connectivity index (χ1n) is 8.08. The predicted molar refractivity (Wildman–Crippen MR) is 87.9 cm³/mol. The van der Waals surface area contributed by atoms with Crippen molar-refractivity contribution in [3.8, 4) is 11.5 Å². The van der Waals surface area contributed by atoms with Crippen LogP contribution in [0.25, 0.3) is 0 Å². The Morgan fingerprint density at radius 2 is 1.87 bits per heavy atom. The zero-order valence-electron chi connectivity index (χ0n) is 14.2. The molecule has 0 saturated heterocycles. The molecule has 0 radical (unpaired) electrons. The van der Waals surface area contributed by atoms with Gasteiger partial charge >= 0.3 is 0 Å². The number of aromatic nitrogens is 1. The minimum atomic E-state index is 0.241. The van der Waals surface area contributed by atoms with E-state index in [1.165, 1.54) is 5.56 Å². The summed E-state index contributed by atoms with van der Waals surface area (Å²) in [6, 6.07) is 6.39. The van der Waals surface area contributed by atoms with Crippen LogP contribution in [-0.2, 0) is 6.54 Å². The molecule has 23 heavy (non-hydrogen) atoms. The highest BCUT2D eigenvalue weighted by atomic mass is 16.6. The number of hydrogen-bond acceptors (Lipinski definition) is 5. The molecule has 1 unspecified atom stereocenters. The minimum absolute atomic E-state index is 0.241. The van der Waals surface area contributed by atoms with Gasteiger partial charge in [-0.1, -0.05) is 19.9 Å². The van der Waals surface area contributed by atoms with Gasteiger partial charge in [0.15, 0.2) is 17.4 Å². The molecule has 1 aliphatic heterocycles. The number of oxazole rings is 1. The highest BCUT2D eigenvalue weighted by Gasteiger charge is 2.18. The van der Waals surface area contributed by atoms with Crippen molar-refractivity contribution in [1.82, 2.24) is 9.88 Å².